The SMILES string of the molecule is C/C(=C\C(=O)O)c1ccc(NC(=O)c2cc([Si](C)(C)C)cc([Si](C)(C)C)c2)cc1. The molecular formula is C23H31NO3Si2. The topological polar surface area (TPSA) is 66.4 Å². The second-order valence-electron chi connectivity index (χ2n) is 9.50. The van der Waals surface area contributed by atoms with E-state index in [-0.39, 0.29) is 5.91 Å². The molecule has 29 heavy (non-hydrogen) atoms. The number of carboxylic acids is 1. The van der Waals surface area contributed by atoms with Gasteiger partial charge in [0.1, 0.15) is 0 Å². The third kappa shape index (κ3) is 6.27. The molecule has 0 unspecified atom stereocenters. The summed E-state index contributed by atoms with van der Waals surface area (Å²) < 4.78 is 0. The lowest BCUT2D eigenvalue weighted by Gasteiger charge is -2.24. The molecule has 0 aliphatic rings. The van der Waals surface area contributed by atoms with E-state index in [1.807, 2.05) is 24.3 Å². The molecule has 6 heteroatoms. The average molecular weight is 426 g/mol. The van der Waals surface area contributed by atoms with Crippen LogP contribution in [0.5, 0.6) is 0 Å². The number of carboxylic acid groups (broad SMARTS) is 1. The lowest BCUT2D eigenvalue weighted by Crippen LogP contribution is -2.46. The van der Waals surface area contributed by atoms with Crippen molar-refractivity contribution in [2.45, 2.75) is 46.2 Å². The van der Waals surface area contributed by atoms with Crippen LogP contribution in [0.25, 0.3) is 5.57 Å². The van der Waals surface area contributed by atoms with Crippen LogP contribution in [-0.2, 0) is 4.79 Å². The van der Waals surface area contributed by atoms with E-state index in [0.717, 1.165) is 5.56 Å². The molecule has 4 nitrogen and oxygen atoms in total. The van der Waals surface area contributed by atoms with Crippen LogP contribution in [0.3, 0.4) is 0 Å². The summed E-state index contributed by atoms with van der Waals surface area (Å²) in [6.07, 6.45) is 1.17. The van der Waals surface area contributed by atoms with E-state index in [9.17, 15) is 9.59 Å². The Morgan fingerprint density at radius 2 is 1.31 bits per heavy atom. The number of amides is 1. The zero-order valence-corrected chi connectivity index (χ0v) is 20.4. The first-order valence-electron chi connectivity index (χ1n) is 9.76. The predicted molar refractivity (Wildman–Crippen MR) is 128 cm³/mol. The molecule has 0 bridgehead atoms. The van der Waals surface area contributed by atoms with E-state index < -0.39 is 22.1 Å². The monoisotopic (exact) mass is 425 g/mol. The fraction of sp³-hybridized carbons (Fsp3) is 0.304. The van der Waals surface area contributed by atoms with E-state index in [4.69, 9.17) is 5.11 Å². The molecule has 0 heterocycles. The summed E-state index contributed by atoms with van der Waals surface area (Å²) in [6.45, 7) is 15.5. The Morgan fingerprint density at radius 1 is 0.828 bits per heavy atom. The third-order valence-corrected chi connectivity index (χ3v) is 8.91. The predicted octanol–water partition coefficient (Wildman–Crippen LogP) is 4.52. The van der Waals surface area contributed by atoms with Crippen molar-refractivity contribution in [3.8, 4) is 0 Å². The molecule has 0 radical (unpaired) electrons. The summed E-state index contributed by atoms with van der Waals surface area (Å²) >= 11 is 0. The van der Waals surface area contributed by atoms with Crippen molar-refractivity contribution < 1.29 is 14.7 Å². The first-order chi connectivity index (χ1) is 13.3. The minimum Gasteiger partial charge on any atom is -0.478 e. The van der Waals surface area contributed by atoms with Gasteiger partial charge in [-0.1, -0.05) is 80.0 Å². The molecule has 2 aromatic rings. The van der Waals surface area contributed by atoms with E-state index in [1.165, 1.54) is 16.4 Å². The Hall–Kier alpha value is -2.45. The Labute approximate surface area is 175 Å². The van der Waals surface area contributed by atoms with Crippen molar-refractivity contribution in [3.05, 3.63) is 59.7 Å². The quantitative estimate of drug-likeness (QED) is 0.528. The Kier molecular flexibility index (Phi) is 6.70. The van der Waals surface area contributed by atoms with Crippen molar-refractivity contribution in [2.24, 2.45) is 0 Å². The third-order valence-electron chi connectivity index (χ3n) is 4.87. The lowest BCUT2D eigenvalue weighted by atomic mass is 10.1. The molecule has 0 saturated carbocycles. The summed E-state index contributed by atoms with van der Waals surface area (Å²) in [7, 11) is -3.12. The fourth-order valence-electron chi connectivity index (χ4n) is 2.91. The number of benzene rings is 2. The summed E-state index contributed by atoms with van der Waals surface area (Å²) in [5.74, 6) is -1.09. The van der Waals surface area contributed by atoms with Crippen molar-refractivity contribution in [1.29, 1.82) is 0 Å². The maximum absolute atomic E-state index is 13.0. The van der Waals surface area contributed by atoms with Crippen molar-refractivity contribution in [2.75, 3.05) is 5.32 Å². The Balaban J connectivity index is 2.32. The molecule has 0 aliphatic carbocycles. The van der Waals surface area contributed by atoms with Gasteiger partial charge in [0, 0.05) is 17.3 Å². The van der Waals surface area contributed by atoms with E-state index in [2.05, 4.69) is 50.7 Å². The van der Waals surface area contributed by atoms with Gasteiger partial charge in [-0.05, 0) is 30.2 Å². The Bertz CT molecular complexity index is 917. The number of allylic oxidation sites excluding steroid dienone is 1. The van der Waals surface area contributed by atoms with Crippen LogP contribution in [0.1, 0.15) is 22.8 Å². The summed E-state index contributed by atoms with van der Waals surface area (Å²) in [5.41, 5.74) is 2.87. The number of nitrogens with one attached hydrogen (secondary N) is 1. The lowest BCUT2D eigenvalue weighted by molar-refractivity contribution is -0.131. The van der Waals surface area contributed by atoms with Gasteiger partial charge >= 0.3 is 5.97 Å². The van der Waals surface area contributed by atoms with Crippen LogP contribution in [0.15, 0.2) is 48.5 Å². The maximum Gasteiger partial charge on any atom is 0.328 e. The molecule has 2 aromatic carbocycles. The van der Waals surface area contributed by atoms with Crippen molar-refractivity contribution >= 4 is 49.7 Å². The van der Waals surface area contributed by atoms with Crippen LogP contribution in [0.2, 0.25) is 39.3 Å². The number of hydrogen-bond acceptors (Lipinski definition) is 2. The number of carbonyl (C=O) groups is 2. The zero-order valence-electron chi connectivity index (χ0n) is 18.4. The van der Waals surface area contributed by atoms with E-state index in [0.29, 0.717) is 16.8 Å². The molecule has 1 amide bonds. The second kappa shape index (κ2) is 8.51. The van der Waals surface area contributed by atoms with Gasteiger partial charge < -0.3 is 10.4 Å². The number of rotatable bonds is 6. The average Bonchev–Trinajstić information content (AvgIpc) is 2.59. The minimum atomic E-state index is -1.56. The highest BCUT2D eigenvalue weighted by Crippen LogP contribution is 2.18. The molecule has 0 atom stereocenters. The smallest absolute Gasteiger partial charge is 0.328 e. The maximum atomic E-state index is 13.0. The second-order valence-corrected chi connectivity index (χ2v) is 19.7. The molecule has 2 N–H and O–H groups in total. The van der Waals surface area contributed by atoms with Gasteiger partial charge in [-0.3, -0.25) is 4.79 Å². The molecule has 154 valence electrons. The van der Waals surface area contributed by atoms with Crippen LogP contribution in [0, 0.1) is 0 Å². The molecule has 0 aliphatic heterocycles. The van der Waals surface area contributed by atoms with Gasteiger partial charge in [-0.2, -0.15) is 0 Å². The standard InChI is InChI=1S/C23H31NO3Si2/c1-16(12-22(25)26)17-8-10-19(11-9-17)24-23(27)18-13-20(28(2,3)4)15-21(14-18)29(5,6)7/h8-15H,1-7H3,(H,24,27)(H,25,26)/b16-12+. The number of aliphatic carboxylic acids is 1. The largest absolute Gasteiger partial charge is 0.478 e. The normalized spacial score (nSPS) is 12.6. The Morgan fingerprint density at radius 3 is 1.72 bits per heavy atom. The minimum absolute atomic E-state index is 0.116. The summed E-state index contributed by atoms with van der Waals surface area (Å²) in [4.78, 5) is 23.8. The molecule has 0 saturated heterocycles. The highest BCUT2D eigenvalue weighted by Gasteiger charge is 2.24. The van der Waals surface area contributed by atoms with Crippen molar-refractivity contribution in [1.82, 2.24) is 0 Å². The first kappa shape index (κ1) is 22.8. The van der Waals surface area contributed by atoms with Crippen LogP contribution in [0.4, 0.5) is 5.69 Å². The van der Waals surface area contributed by atoms with Crippen LogP contribution >= 0.6 is 0 Å². The van der Waals surface area contributed by atoms with E-state index >= 15 is 0 Å². The molecule has 0 aromatic heterocycles. The summed E-state index contributed by atoms with van der Waals surface area (Å²) in [6, 6.07) is 13.6. The highest BCUT2D eigenvalue weighted by atomic mass is 28.3. The molecular weight excluding hydrogens is 394 g/mol. The number of anilines is 1. The number of carbonyl (C=O) groups excluding carboxylic acids is 1. The fourth-order valence-corrected chi connectivity index (χ4v) is 5.41. The zero-order chi connectivity index (χ0) is 22.0. The van der Waals surface area contributed by atoms with Crippen LogP contribution < -0.4 is 15.7 Å². The van der Waals surface area contributed by atoms with Gasteiger partial charge in [0.25, 0.3) is 5.91 Å². The van der Waals surface area contributed by atoms with E-state index in [1.54, 1.807) is 19.1 Å². The van der Waals surface area contributed by atoms with Crippen LogP contribution in [-0.4, -0.2) is 33.1 Å². The van der Waals surface area contributed by atoms with Crippen molar-refractivity contribution in [3.63, 3.8) is 0 Å². The van der Waals surface area contributed by atoms with Gasteiger partial charge in [-0.25, -0.2) is 4.79 Å². The number of hydrogen-bond donors (Lipinski definition) is 2. The van der Waals surface area contributed by atoms with Gasteiger partial charge in [-0.15, -0.1) is 0 Å². The molecule has 0 spiro atoms. The first-order valence-corrected chi connectivity index (χ1v) is 16.8. The van der Waals surface area contributed by atoms with Gasteiger partial charge in [0.2, 0.25) is 0 Å². The molecule has 2 rings (SSSR count). The molecule has 0 fully saturated rings. The summed E-state index contributed by atoms with van der Waals surface area (Å²) in [5, 5.41) is 14.5. The van der Waals surface area contributed by atoms with Gasteiger partial charge in [0.15, 0.2) is 0 Å². The highest BCUT2D eigenvalue weighted by molar-refractivity contribution is 6.91. The van der Waals surface area contributed by atoms with Gasteiger partial charge in [0.05, 0.1) is 16.1 Å².